The average molecular weight is 299 g/mol. The molecule has 0 fully saturated rings. The number of benzene rings is 1. The molecule has 0 saturated heterocycles. The highest BCUT2D eigenvalue weighted by molar-refractivity contribution is 5.92. The average Bonchev–Trinajstić information content (AvgIpc) is 3.15. The zero-order valence-electron chi connectivity index (χ0n) is 12.2. The van der Waals surface area contributed by atoms with Gasteiger partial charge in [-0.2, -0.15) is 20.1 Å². The number of hydrogen-bond donors (Lipinski definition) is 1. The van der Waals surface area contributed by atoms with Gasteiger partial charge in [-0.3, -0.25) is 5.10 Å². The number of nitrogens with zero attached hydrogens (tertiary/aromatic N) is 4. The Morgan fingerprint density at radius 1 is 1.14 bits per heavy atom. The highest BCUT2D eigenvalue weighted by Crippen LogP contribution is 2.28. The topological polar surface area (TPSA) is 77.9 Å². The Morgan fingerprint density at radius 2 is 2.09 bits per heavy atom. The fourth-order valence-electron chi connectivity index (χ4n) is 2.55. The summed E-state index contributed by atoms with van der Waals surface area (Å²) < 4.78 is 11.4. The summed E-state index contributed by atoms with van der Waals surface area (Å²) in [6, 6.07) is 5.91. The van der Waals surface area contributed by atoms with E-state index >= 15 is 0 Å². The van der Waals surface area contributed by atoms with Crippen LogP contribution < -0.4 is 4.74 Å². The zero-order chi connectivity index (χ0) is 14.8. The van der Waals surface area contributed by atoms with Gasteiger partial charge in [-0.15, -0.1) is 0 Å². The quantitative estimate of drug-likeness (QED) is 0.687. The van der Waals surface area contributed by atoms with Gasteiger partial charge in [0.1, 0.15) is 17.1 Å². The van der Waals surface area contributed by atoms with Crippen LogP contribution in [-0.2, 0) is 11.3 Å². The van der Waals surface area contributed by atoms with E-state index in [0.717, 1.165) is 47.4 Å². The molecule has 1 aliphatic rings. The van der Waals surface area contributed by atoms with Crippen LogP contribution in [0, 0.1) is 0 Å². The molecule has 3 heterocycles. The Kier molecular flexibility index (Phi) is 3.48. The van der Waals surface area contributed by atoms with E-state index in [-0.39, 0.29) is 0 Å². The van der Waals surface area contributed by atoms with Crippen molar-refractivity contribution >= 4 is 10.9 Å². The van der Waals surface area contributed by atoms with Crippen molar-refractivity contribution < 1.29 is 9.47 Å². The molecule has 0 aliphatic carbocycles. The van der Waals surface area contributed by atoms with Crippen LogP contribution in [-0.4, -0.2) is 45.0 Å². The minimum atomic E-state index is 0.646. The molecule has 1 aromatic carbocycles. The van der Waals surface area contributed by atoms with Crippen LogP contribution in [0.5, 0.6) is 5.75 Å². The zero-order valence-corrected chi connectivity index (χ0v) is 12.2. The number of aromatic nitrogens is 5. The Bertz CT molecular complexity index is 779. The maximum Gasteiger partial charge on any atom is 0.133 e. The second-order valence-electron chi connectivity index (χ2n) is 5.27. The molecular formula is C15H17N5O2. The first kappa shape index (κ1) is 13.3. The minimum Gasteiger partial charge on any atom is -0.493 e. The molecule has 2 aromatic heterocycles. The van der Waals surface area contributed by atoms with Gasteiger partial charge in [0.05, 0.1) is 24.9 Å². The molecule has 4 bridgehead atoms. The molecule has 1 aliphatic heterocycles. The first-order valence-electron chi connectivity index (χ1n) is 7.49. The largest absolute Gasteiger partial charge is 0.493 e. The molecule has 0 radical (unpaired) electrons. The maximum atomic E-state index is 5.79. The normalized spacial score (nSPS) is 16.2. The molecule has 0 amide bonds. The lowest BCUT2D eigenvalue weighted by atomic mass is 10.1. The van der Waals surface area contributed by atoms with E-state index in [0.29, 0.717) is 19.8 Å². The second kappa shape index (κ2) is 5.76. The molecule has 0 saturated carbocycles. The molecule has 7 nitrogen and oxygen atoms in total. The van der Waals surface area contributed by atoms with Crippen molar-refractivity contribution in [3.05, 3.63) is 24.4 Å². The van der Waals surface area contributed by atoms with E-state index in [2.05, 4.69) is 20.4 Å². The Hall–Kier alpha value is -2.41. The number of fused-ring (bicyclic) bond motifs is 4. The van der Waals surface area contributed by atoms with Crippen LogP contribution in [0.1, 0.15) is 12.8 Å². The van der Waals surface area contributed by atoms with E-state index in [1.165, 1.54) is 0 Å². The van der Waals surface area contributed by atoms with Gasteiger partial charge in [0.25, 0.3) is 0 Å². The Morgan fingerprint density at radius 3 is 3.09 bits per heavy atom. The van der Waals surface area contributed by atoms with E-state index in [4.69, 9.17) is 9.47 Å². The number of ether oxygens (including phenoxy) is 2. The number of aromatic amines is 1. The van der Waals surface area contributed by atoms with Gasteiger partial charge in [-0.25, -0.2) is 0 Å². The number of rotatable bonds is 0. The molecular weight excluding hydrogens is 282 g/mol. The van der Waals surface area contributed by atoms with Gasteiger partial charge in [0, 0.05) is 25.0 Å². The second-order valence-corrected chi connectivity index (χ2v) is 5.27. The van der Waals surface area contributed by atoms with Crippen LogP contribution in [0.25, 0.3) is 22.3 Å². The maximum absolute atomic E-state index is 5.79. The highest BCUT2D eigenvalue weighted by atomic mass is 16.5. The third-order valence-electron chi connectivity index (χ3n) is 3.66. The molecule has 0 spiro atoms. The van der Waals surface area contributed by atoms with Crippen LogP contribution in [0.15, 0.2) is 24.4 Å². The molecule has 114 valence electrons. The van der Waals surface area contributed by atoms with Crippen LogP contribution in [0.4, 0.5) is 0 Å². The highest BCUT2D eigenvalue weighted by Gasteiger charge is 2.13. The van der Waals surface area contributed by atoms with Gasteiger partial charge in [0.15, 0.2) is 0 Å². The van der Waals surface area contributed by atoms with E-state index in [9.17, 15) is 0 Å². The van der Waals surface area contributed by atoms with Gasteiger partial charge >= 0.3 is 0 Å². The molecule has 4 rings (SSSR count). The summed E-state index contributed by atoms with van der Waals surface area (Å²) in [6.45, 7) is 2.80. The summed E-state index contributed by atoms with van der Waals surface area (Å²) >= 11 is 0. The molecule has 7 heteroatoms. The van der Waals surface area contributed by atoms with Gasteiger partial charge < -0.3 is 9.47 Å². The van der Waals surface area contributed by atoms with Crippen molar-refractivity contribution in [2.75, 3.05) is 19.8 Å². The first-order chi connectivity index (χ1) is 10.9. The number of aryl methyl sites for hydroxylation is 1. The summed E-state index contributed by atoms with van der Waals surface area (Å²) in [6.07, 6.45) is 3.51. The van der Waals surface area contributed by atoms with E-state index in [1.54, 1.807) is 11.0 Å². The van der Waals surface area contributed by atoms with Crippen molar-refractivity contribution in [3.8, 4) is 17.1 Å². The third kappa shape index (κ3) is 2.55. The SMILES string of the molecule is c1cc2[nH]nc3c2cc1OCCCOCCCn1ncc-3n1. The summed E-state index contributed by atoms with van der Waals surface area (Å²) in [5.74, 6) is 0.831. The minimum absolute atomic E-state index is 0.646. The Labute approximate surface area is 127 Å². The van der Waals surface area contributed by atoms with Gasteiger partial charge in [0.2, 0.25) is 0 Å². The lowest BCUT2D eigenvalue weighted by Crippen LogP contribution is -2.08. The summed E-state index contributed by atoms with van der Waals surface area (Å²) in [4.78, 5) is 1.69. The van der Waals surface area contributed by atoms with Crippen molar-refractivity contribution in [2.24, 2.45) is 0 Å². The number of nitrogens with one attached hydrogen (secondary N) is 1. The van der Waals surface area contributed by atoms with Crippen molar-refractivity contribution in [1.29, 1.82) is 0 Å². The van der Waals surface area contributed by atoms with Crippen molar-refractivity contribution in [3.63, 3.8) is 0 Å². The standard InChI is InChI=1S/C15H17N5O2/c1-5-20-16-10-14(19-20)15-12-9-11(3-4-13(12)17-18-15)22-8-2-7-21-6-1/h3-4,9-10H,1-2,5-8H2,(H,17,18). The summed E-state index contributed by atoms with van der Waals surface area (Å²) in [5, 5.41) is 17.2. The van der Waals surface area contributed by atoms with Crippen molar-refractivity contribution in [2.45, 2.75) is 19.4 Å². The predicted octanol–water partition coefficient (Wildman–Crippen LogP) is 2.01. The van der Waals surface area contributed by atoms with Crippen LogP contribution >= 0.6 is 0 Å². The lowest BCUT2D eigenvalue weighted by molar-refractivity contribution is 0.113. The van der Waals surface area contributed by atoms with E-state index in [1.807, 2.05) is 18.2 Å². The summed E-state index contributed by atoms with van der Waals surface area (Å²) in [7, 11) is 0. The van der Waals surface area contributed by atoms with Crippen LogP contribution in [0.3, 0.4) is 0 Å². The molecule has 0 atom stereocenters. The third-order valence-corrected chi connectivity index (χ3v) is 3.66. The fraction of sp³-hybridized carbons (Fsp3) is 0.400. The van der Waals surface area contributed by atoms with E-state index < -0.39 is 0 Å². The van der Waals surface area contributed by atoms with Crippen LogP contribution in [0.2, 0.25) is 0 Å². The molecule has 1 N–H and O–H groups in total. The smallest absolute Gasteiger partial charge is 0.133 e. The fourth-order valence-corrected chi connectivity index (χ4v) is 2.55. The number of H-pyrrole nitrogens is 1. The molecule has 0 unspecified atom stereocenters. The molecule has 22 heavy (non-hydrogen) atoms. The van der Waals surface area contributed by atoms with Gasteiger partial charge in [-0.05, 0) is 24.6 Å². The first-order valence-corrected chi connectivity index (χ1v) is 7.49. The lowest BCUT2D eigenvalue weighted by Gasteiger charge is -2.07. The van der Waals surface area contributed by atoms with Crippen molar-refractivity contribution in [1.82, 2.24) is 25.2 Å². The van der Waals surface area contributed by atoms with Gasteiger partial charge in [-0.1, -0.05) is 0 Å². The monoisotopic (exact) mass is 299 g/mol. The predicted molar refractivity (Wildman–Crippen MR) is 80.7 cm³/mol. The summed E-state index contributed by atoms with van der Waals surface area (Å²) in [5.41, 5.74) is 2.53. The Balaban J connectivity index is 1.75. The number of hydrogen-bond acceptors (Lipinski definition) is 5. The molecule has 3 aromatic rings.